The van der Waals surface area contributed by atoms with Crippen molar-refractivity contribution in [1.29, 1.82) is 0 Å². The van der Waals surface area contributed by atoms with Crippen molar-refractivity contribution in [3.63, 3.8) is 0 Å². The summed E-state index contributed by atoms with van der Waals surface area (Å²) in [6.45, 7) is 8.14. The van der Waals surface area contributed by atoms with Gasteiger partial charge in [-0.3, -0.25) is 9.59 Å². The molecule has 0 heterocycles. The van der Waals surface area contributed by atoms with E-state index >= 15 is 0 Å². The average molecular weight is 445 g/mol. The summed E-state index contributed by atoms with van der Waals surface area (Å²) in [6, 6.07) is 14.5. The monoisotopic (exact) mass is 444 g/mol. The Hall–Kier alpha value is -2.53. The largest absolute Gasteiger partial charge is 0.484 e. The van der Waals surface area contributed by atoms with E-state index in [-0.39, 0.29) is 24.5 Å². The molecule has 0 aliphatic carbocycles. The number of aryl methyl sites for hydroxylation is 1. The van der Waals surface area contributed by atoms with E-state index in [0.717, 1.165) is 18.4 Å². The van der Waals surface area contributed by atoms with E-state index in [1.165, 1.54) is 5.56 Å². The van der Waals surface area contributed by atoms with Crippen LogP contribution in [0.25, 0.3) is 0 Å². The predicted octanol–water partition coefficient (Wildman–Crippen LogP) is 5.00. The highest BCUT2D eigenvalue weighted by Crippen LogP contribution is 2.17. The van der Waals surface area contributed by atoms with Crippen LogP contribution in [-0.2, 0) is 22.6 Å². The highest BCUT2D eigenvalue weighted by Gasteiger charge is 2.29. The molecule has 0 aromatic heterocycles. The summed E-state index contributed by atoms with van der Waals surface area (Å²) in [7, 11) is 0. The molecule has 168 valence electrons. The molecule has 31 heavy (non-hydrogen) atoms. The second-order valence-corrected chi connectivity index (χ2v) is 8.11. The van der Waals surface area contributed by atoms with Gasteiger partial charge < -0.3 is 15.0 Å². The summed E-state index contributed by atoms with van der Waals surface area (Å²) in [5, 5.41) is 3.63. The lowest BCUT2D eigenvalue weighted by Crippen LogP contribution is -2.51. The average Bonchev–Trinajstić information content (AvgIpc) is 2.78. The molecular weight excluding hydrogens is 412 g/mol. The van der Waals surface area contributed by atoms with Crippen LogP contribution in [-0.4, -0.2) is 35.4 Å². The van der Waals surface area contributed by atoms with Crippen molar-refractivity contribution in [2.75, 3.05) is 6.61 Å². The normalized spacial score (nSPS) is 12.7. The number of rotatable bonds is 11. The van der Waals surface area contributed by atoms with Gasteiger partial charge in [-0.1, -0.05) is 56.6 Å². The second-order valence-electron chi connectivity index (χ2n) is 7.68. The number of nitrogens with one attached hydrogen (secondary N) is 1. The number of hydrogen-bond donors (Lipinski definition) is 1. The Balaban J connectivity index is 2.18. The van der Waals surface area contributed by atoms with Crippen molar-refractivity contribution in [1.82, 2.24) is 10.2 Å². The topological polar surface area (TPSA) is 58.6 Å². The van der Waals surface area contributed by atoms with Crippen LogP contribution in [0.15, 0.2) is 48.5 Å². The van der Waals surface area contributed by atoms with Gasteiger partial charge >= 0.3 is 0 Å². The Morgan fingerprint density at radius 3 is 2.13 bits per heavy atom. The molecule has 0 saturated carbocycles. The van der Waals surface area contributed by atoms with E-state index in [0.29, 0.717) is 23.7 Å². The van der Waals surface area contributed by atoms with Crippen LogP contribution in [0, 0.1) is 0 Å². The fraction of sp³-hybridized carbons (Fsp3) is 0.440. The summed E-state index contributed by atoms with van der Waals surface area (Å²) < 4.78 is 5.74. The van der Waals surface area contributed by atoms with Crippen molar-refractivity contribution in [2.45, 2.75) is 65.6 Å². The Morgan fingerprint density at radius 2 is 1.58 bits per heavy atom. The number of carbonyl (C=O) groups excluding carboxylic acids is 2. The van der Waals surface area contributed by atoms with Crippen molar-refractivity contribution in [3.05, 3.63) is 64.7 Å². The summed E-state index contributed by atoms with van der Waals surface area (Å²) in [4.78, 5) is 27.7. The zero-order valence-electron chi connectivity index (χ0n) is 18.9. The third-order valence-corrected chi connectivity index (χ3v) is 5.60. The fourth-order valence-corrected chi connectivity index (χ4v) is 3.32. The number of hydrogen-bond acceptors (Lipinski definition) is 3. The van der Waals surface area contributed by atoms with Gasteiger partial charge in [-0.25, -0.2) is 0 Å². The van der Waals surface area contributed by atoms with Crippen LogP contribution >= 0.6 is 11.6 Å². The van der Waals surface area contributed by atoms with Crippen molar-refractivity contribution in [2.24, 2.45) is 0 Å². The van der Waals surface area contributed by atoms with E-state index in [1.54, 1.807) is 17.0 Å². The number of amides is 2. The zero-order chi connectivity index (χ0) is 22.8. The molecule has 0 aliphatic rings. The summed E-state index contributed by atoms with van der Waals surface area (Å²) in [6.07, 6.45) is 2.27. The first kappa shape index (κ1) is 24.7. The van der Waals surface area contributed by atoms with E-state index in [4.69, 9.17) is 16.3 Å². The second kappa shape index (κ2) is 12.4. The molecule has 2 rings (SSSR count). The van der Waals surface area contributed by atoms with Gasteiger partial charge in [-0.15, -0.1) is 0 Å². The van der Waals surface area contributed by atoms with Crippen LogP contribution in [0.2, 0.25) is 5.02 Å². The summed E-state index contributed by atoms with van der Waals surface area (Å²) >= 11 is 6.00. The minimum absolute atomic E-state index is 0.0439. The van der Waals surface area contributed by atoms with E-state index < -0.39 is 6.04 Å². The van der Waals surface area contributed by atoms with Crippen LogP contribution < -0.4 is 10.1 Å². The highest BCUT2D eigenvalue weighted by atomic mass is 35.5. The molecule has 0 spiro atoms. The molecule has 5 nitrogen and oxygen atoms in total. The maximum absolute atomic E-state index is 13.2. The van der Waals surface area contributed by atoms with Gasteiger partial charge in [0.25, 0.3) is 5.91 Å². The quantitative estimate of drug-likeness (QED) is 0.530. The highest BCUT2D eigenvalue weighted by molar-refractivity contribution is 6.30. The molecule has 0 aliphatic heterocycles. The number of carbonyl (C=O) groups is 2. The molecule has 0 saturated heterocycles. The Bertz CT molecular complexity index is 837. The molecular formula is C25H33ClN2O3. The van der Waals surface area contributed by atoms with Gasteiger partial charge in [-0.05, 0) is 61.6 Å². The lowest BCUT2D eigenvalue weighted by atomic mass is 10.1. The Labute approximate surface area is 190 Å². The first-order valence-corrected chi connectivity index (χ1v) is 11.3. The van der Waals surface area contributed by atoms with Crippen molar-refractivity contribution < 1.29 is 14.3 Å². The first-order chi connectivity index (χ1) is 14.9. The third-order valence-electron chi connectivity index (χ3n) is 5.35. The summed E-state index contributed by atoms with van der Waals surface area (Å²) in [5.74, 6) is 0.251. The third kappa shape index (κ3) is 7.59. The number of halogens is 1. The van der Waals surface area contributed by atoms with Gasteiger partial charge in [-0.2, -0.15) is 0 Å². The van der Waals surface area contributed by atoms with Crippen molar-refractivity contribution in [3.8, 4) is 5.75 Å². The smallest absolute Gasteiger partial charge is 0.261 e. The number of ether oxygens (including phenoxy) is 1. The van der Waals surface area contributed by atoms with Gasteiger partial charge in [0.1, 0.15) is 11.8 Å². The maximum Gasteiger partial charge on any atom is 0.261 e. The Morgan fingerprint density at radius 1 is 0.968 bits per heavy atom. The van der Waals surface area contributed by atoms with Crippen LogP contribution in [0.1, 0.15) is 51.7 Å². The molecule has 2 amide bonds. The predicted molar refractivity (Wildman–Crippen MR) is 125 cm³/mol. The number of nitrogens with zero attached hydrogens (tertiary/aromatic N) is 1. The maximum atomic E-state index is 13.2. The van der Waals surface area contributed by atoms with Gasteiger partial charge in [0.05, 0.1) is 0 Å². The molecule has 0 radical (unpaired) electrons. The minimum atomic E-state index is -0.580. The van der Waals surface area contributed by atoms with E-state index in [2.05, 4.69) is 12.2 Å². The van der Waals surface area contributed by atoms with Crippen LogP contribution in [0.4, 0.5) is 0 Å². The number of benzene rings is 2. The van der Waals surface area contributed by atoms with Crippen LogP contribution in [0.5, 0.6) is 5.75 Å². The molecule has 2 atom stereocenters. The first-order valence-electron chi connectivity index (χ1n) is 10.9. The minimum Gasteiger partial charge on any atom is -0.484 e. The van der Waals surface area contributed by atoms with E-state index in [1.807, 2.05) is 57.2 Å². The zero-order valence-corrected chi connectivity index (χ0v) is 19.6. The van der Waals surface area contributed by atoms with Crippen LogP contribution in [0.3, 0.4) is 0 Å². The standard InChI is InChI=1S/C25H33ClN2O3/c1-5-18(4)27-25(30)23(7-3)28(16-20-8-12-21(26)13-9-20)24(29)17-31-22-14-10-19(6-2)11-15-22/h8-15,18,23H,5-7,16-17H2,1-4H3,(H,27,30)/t18-,23+/m0/s1. The molecule has 0 fully saturated rings. The fourth-order valence-electron chi connectivity index (χ4n) is 3.20. The molecule has 1 N–H and O–H groups in total. The Kier molecular flexibility index (Phi) is 9.86. The van der Waals surface area contributed by atoms with Gasteiger partial charge in [0, 0.05) is 17.6 Å². The van der Waals surface area contributed by atoms with Crippen molar-refractivity contribution >= 4 is 23.4 Å². The lowest BCUT2D eigenvalue weighted by Gasteiger charge is -2.31. The van der Waals surface area contributed by atoms with Gasteiger partial charge in [0.2, 0.25) is 5.91 Å². The molecule has 2 aromatic rings. The molecule has 6 heteroatoms. The molecule has 0 bridgehead atoms. The summed E-state index contributed by atoms with van der Waals surface area (Å²) in [5.41, 5.74) is 2.11. The van der Waals surface area contributed by atoms with E-state index in [9.17, 15) is 9.59 Å². The van der Waals surface area contributed by atoms with Gasteiger partial charge in [0.15, 0.2) is 6.61 Å². The molecule has 0 unspecified atom stereocenters. The lowest BCUT2D eigenvalue weighted by molar-refractivity contribution is -0.143. The molecule has 2 aromatic carbocycles. The SMILES string of the molecule is CCc1ccc(OCC(=O)N(Cc2ccc(Cl)cc2)[C@H](CC)C(=O)N[C@@H](C)CC)cc1.